The average Bonchev–Trinajstić information content (AvgIpc) is 2.84. The van der Waals surface area contributed by atoms with Gasteiger partial charge in [0.1, 0.15) is 5.82 Å². The highest BCUT2D eigenvalue weighted by Gasteiger charge is 2.06. The van der Waals surface area contributed by atoms with Crippen LogP contribution in [0.2, 0.25) is 5.02 Å². The lowest BCUT2D eigenvalue weighted by atomic mass is 10.1. The number of nitrogens with zero attached hydrogens (tertiary/aromatic N) is 3. The normalized spacial score (nSPS) is 11.3. The predicted octanol–water partition coefficient (Wildman–Crippen LogP) is 4.13. The van der Waals surface area contributed by atoms with E-state index in [1.807, 2.05) is 49.5 Å². The van der Waals surface area contributed by atoms with Crippen LogP contribution in [0.4, 0.5) is 0 Å². The summed E-state index contributed by atoms with van der Waals surface area (Å²) in [7, 11) is 0. The Morgan fingerprint density at radius 1 is 0.952 bits per heavy atom. The number of aromatic nitrogens is 4. The Morgan fingerprint density at radius 3 is 2.43 bits per heavy atom. The second-order valence-corrected chi connectivity index (χ2v) is 5.37. The second kappa shape index (κ2) is 4.53. The number of benzene rings is 2. The number of fused-ring (bicyclic) bond motifs is 2. The molecular weight excluding hydrogens is 284 g/mol. The van der Waals surface area contributed by atoms with Gasteiger partial charge in [0.05, 0.1) is 34.0 Å². The number of imidazole rings is 1. The lowest BCUT2D eigenvalue weighted by Gasteiger charge is -2.04. The lowest BCUT2D eigenvalue weighted by molar-refractivity contribution is 1.17. The monoisotopic (exact) mass is 294 g/mol. The van der Waals surface area contributed by atoms with Gasteiger partial charge in [-0.15, -0.1) is 0 Å². The molecule has 102 valence electrons. The fourth-order valence-electron chi connectivity index (χ4n) is 2.41. The van der Waals surface area contributed by atoms with Gasteiger partial charge in [0.15, 0.2) is 0 Å². The number of hydrogen-bond acceptors (Lipinski definition) is 3. The van der Waals surface area contributed by atoms with Gasteiger partial charge in [0, 0.05) is 5.02 Å². The molecule has 1 N–H and O–H groups in total. The highest BCUT2D eigenvalue weighted by atomic mass is 35.5. The molecule has 0 atom stereocenters. The molecule has 5 heteroatoms. The largest absolute Gasteiger partial charge is 0.352 e. The van der Waals surface area contributed by atoms with Crippen LogP contribution >= 0.6 is 11.6 Å². The molecular formula is C16H11ClN4. The van der Waals surface area contributed by atoms with Gasteiger partial charge in [-0.2, -0.15) is 0 Å². The number of H-pyrrole nitrogens is 1. The Morgan fingerprint density at radius 2 is 1.67 bits per heavy atom. The topological polar surface area (TPSA) is 54.5 Å². The molecule has 0 aliphatic rings. The average molecular weight is 295 g/mol. The Bertz CT molecular complexity index is 957. The van der Waals surface area contributed by atoms with Crippen LogP contribution in [-0.2, 0) is 0 Å². The van der Waals surface area contributed by atoms with E-state index in [-0.39, 0.29) is 0 Å². The fraction of sp³-hybridized carbons (Fsp3) is 0.0625. The van der Waals surface area contributed by atoms with Gasteiger partial charge < -0.3 is 4.98 Å². The van der Waals surface area contributed by atoms with Crippen molar-refractivity contribution in [1.29, 1.82) is 0 Å². The van der Waals surface area contributed by atoms with Gasteiger partial charge in [-0.3, -0.25) is 4.98 Å². The lowest BCUT2D eigenvalue weighted by Crippen LogP contribution is -1.89. The summed E-state index contributed by atoms with van der Waals surface area (Å²) in [6.07, 6.45) is 1.82. The minimum atomic E-state index is 0.719. The van der Waals surface area contributed by atoms with Crippen LogP contribution in [0.5, 0.6) is 0 Å². The molecule has 0 radical (unpaired) electrons. The van der Waals surface area contributed by atoms with E-state index in [0.29, 0.717) is 0 Å². The van der Waals surface area contributed by atoms with Crippen molar-refractivity contribution in [3.63, 3.8) is 0 Å². The summed E-state index contributed by atoms with van der Waals surface area (Å²) in [5, 5.41) is 0.719. The first-order chi connectivity index (χ1) is 10.2. The van der Waals surface area contributed by atoms with Crippen molar-refractivity contribution in [2.45, 2.75) is 6.92 Å². The molecule has 0 bridgehead atoms. The minimum Gasteiger partial charge on any atom is -0.352 e. The Balaban J connectivity index is 1.92. The molecule has 0 amide bonds. The van der Waals surface area contributed by atoms with E-state index in [1.165, 1.54) is 0 Å². The number of aryl methyl sites for hydroxylation is 1. The Kier molecular flexibility index (Phi) is 2.65. The Hall–Kier alpha value is -2.46. The Labute approximate surface area is 125 Å². The van der Waals surface area contributed by atoms with Gasteiger partial charge >= 0.3 is 0 Å². The van der Waals surface area contributed by atoms with Crippen molar-refractivity contribution in [2.75, 3.05) is 0 Å². The first kappa shape index (κ1) is 12.3. The summed E-state index contributed by atoms with van der Waals surface area (Å²) in [4.78, 5) is 16.7. The molecule has 0 aliphatic heterocycles. The summed E-state index contributed by atoms with van der Waals surface area (Å²) >= 11 is 5.92. The van der Waals surface area contributed by atoms with E-state index in [4.69, 9.17) is 11.6 Å². The van der Waals surface area contributed by atoms with Crippen molar-refractivity contribution in [1.82, 2.24) is 19.9 Å². The molecule has 4 aromatic rings. The smallest absolute Gasteiger partial charge is 0.126 e. The van der Waals surface area contributed by atoms with Crippen LogP contribution in [0, 0.1) is 6.92 Å². The maximum atomic E-state index is 5.92. The number of halogens is 1. The molecule has 0 unspecified atom stereocenters. The number of aromatic amines is 1. The third-order valence-electron chi connectivity index (χ3n) is 3.41. The van der Waals surface area contributed by atoms with Crippen molar-refractivity contribution in [3.05, 3.63) is 53.4 Å². The zero-order valence-corrected chi connectivity index (χ0v) is 12.0. The molecule has 2 heterocycles. The standard InChI is InChI=1S/C16H11ClN4/c1-9-19-14-6-12-13(7-15(14)20-9)21-16(8-18-12)10-2-4-11(17)5-3-10/h2-8,21H,1H3. The summed E-state index contributed by atoms with van der Waals surface area (Å²) < 4.78 is 0. The predicted molar refractivity (Wildman–Crippen MR) is 84.4 cm³/mol. The van der Waals surface area contributed by atoms with Crippen LogP contribution in [0.25, 0.3) is 33.3 Å². The van der Waals surface area contributed by atoms with Gasteiger partial charge in [-0.25, -0.2) is 9.97 Å². The van der Waals surface area contributed by atoms with E-state index >= 15 is 0 Å². The van der Waals surface area contributed by atoms with E-state index in [2.05, 4.69) is 19.9 Å². The molecule has 0 saturated carbocycles. The highest BCUT2D eigenvalue weighted by molar-refractivity contribution is 6.30. The SMILES string of the molecule is Cc1nc2cc3ncc(-c4ccc(Cl)cc4)[nH]c3cc2n1. The molecule has 0 aliphatic carbocycles. The van der Waals surface area contributed by atoms with Crippen LogP contribution in [0.3, 0.4) is 0 Å². The fourth-order valence-corrected chi connectivity index (χ4v) is 2.54. The number of hydrogen-bond donors (Lipinski definition) is 1. The summed E-state index contributed by atoms with van der Waals surface area (Å²) in [6, 6.07) is 11.6. The van der Waals surface area contributed by atoms with Gasteiger partial charge in [0.25, 0.3) is 0 Å². The van der Waals surface area contributed by atoms with Crippen molar-refractivity contribution >= 4 is 33.7 Å². The third kappa shape index (κ3) is 2.14. The maximum absolute atomic E-state index is 5.92. The third-order valence-corrected chi connectivity index (χ3v) is 3.67. The minimum absolute atomic E-state index is 0.719. The van der Waals surface area contributed by atoms with Crippen molar-refractivity contribution < 1.29 is 0 Å². The van der Waals surface area contributed by atoms with Gasteiger partial charge in [0.2, 0.25) is 0 Å². The molecule has 4 nitrogen and oxygen atoms in total. The van der Waals surface area contributed by atoms with Crippen molar-refractivity contribution in [3.8, 4) is 11.3 Å². The molecule has 2 aromatic heterocycles. The molecule has 21 heavy (non-hydrogen) atoms. The van der Waals surface area contributed by atoms with Crippen molar-refractivity contribution in [2.24, 2.45) is 0 Å². The number of rotatable bonds is 1. The molecule has 0 spiro atoms. The molecule has 0 saturated heterocycles. The first-order valence-corrected chi connectivity index (χ1v) is 6.96. The summed E-state index contributed by atoms with van der Waals surface area (Å²) in [5.74, 6) is 0.776. The van der Waals surface area contributed by atoms with Gasteiger partial charge in [-0.05, 0) is 36.8 Å². The second-order valence-electron chi connectivity index (χ2n) is 4.93. The van der Waals surface area contributed by atoms with E-state index in [9.17, 15) is 0 Å². The van der Waals surface area contributed by atoms with E-state index in [1.54, 1.807) is 0 Å². The van der Waals surface area contributed by atoms with Crippen LogP contribution < -0.4 is 0 Å². The molecule has 0 fully saturated rings. The zero-order chi connectivity index (χ0) is 14.4. The highest BCUT2D eigenvalue weighted by Crippen LogP contribution is 2.23. The zero-order valence-electron chi connectivity index (χ0n) is 11.3. The van der Waals surface area contributed by atoms with Gasteiger partial charge in [-0.1, -0.05) is 23.7 Å². The van der Waals surface area contributed by atoms with E-state index in [0.717, 1.165) is 44.2 Å². The molecule has 4 rings (SSSR count). The maximum Gasteiger partial charge on any atom is 0.126 e. The van der Waals surface area contributed by atoms with Crippen LogP contribution in [0.1, 0.15) is 5.82 Å². The first-order valence-electron chi connectivity index (χ1n) is 6.58. The number of nitrogens with one attached hydrogen (secondary N) is 1. The summed E-state index contributed by atoms with van der Waals surface area (Å²) in [6.45, 7) is 1.89. The summed E-state index contributed by atoms with van der Waals surface area (Å²) in [5.41, 5.74) is 5.55. The van der Waals surface area contributed by atoms with E-state index < -0.39 is 0 Å². The van der Waals surface area contributed by atoms with Crippen LogP contribution in [-0.4, -0.2) is 19.9 Å². The quantitative estimate of drug-likeness (QED) is 0.574. The molecule has 2 aromatic carbocycles. The van der Waals surface area contributed by atoms with Crippen LogP contribution in [0.15, 0.2) is 42.6 Å².